The molecule has 2 nitrogen and oxygen atoms in total. The first-order valence-corrected chi connectivity index (χ1v) is 6.28. The molecule has 0 amide bonds. The van der Waals surface area contributed by atoms with Crippen molar-refractivity contribution in [1.82, 2.24) is 5.32 Å². The number of piperidine rings is 1. The summed E-state index contributed by atoms with van der Waals surface area (Å²) in [6.45, 7) is 1.66. The number of morpholine rings is 1. The van der Waals surface area contributed by atoms with Crippen molar-refractivity contribution in [3.05, 3.63) is 33.8 Å². The number of benzene rings is 1. The quantitative estimate of drug-likeness (QED) is 0.836. The van der Waals surface area contributed by atoms with Gasteiger partial charge in [-0.25, -0.2) is 0 Å². The molecule has 3 heterocycles. The van der Waals surface area contributed by atoms with E-state index in [4.69, 9.17) is 27.9 Å². The molecule has 0 spiro atoms. The molecule has 3 saturated heterocycles. The molecule has 16 heavy (non-hydrogen) atoms. The van der Waals surface area contributed by atoms with Crippen molar-refractivity contribution in [2.45, 2.75) is 24.5 Å². The third-order valence-electron chi connectivity index (χ3n) is 3.58. The molecule has 3 fully saturated rings. The molecule has 2 unspecified atom stereocenters. The molecule has 4 rings (SSSR count). The van der Waals surface area contributed by atoms with Crippen LogP contribution in [0.25, 0.3) is 0 Å². The van der Waals surface area contributed by atoms with Gasteiger partial charge in [0, 0.05) is 12.6 Å². The summed E-state index contributed by atoms with van der Waals surface area (Å²) in [5.74, 6) is 0. The number of halogens is 2. The smallest absolute Gasteiger partial charge is 0.106 e. The monoisotopic (exact) mass is 257 g/mol. The van der Waals surface area contributed by atoms with E-state index in [1.807, 2.05) is 18.2 Å². The Bertz CT molecular complexity index is 400. The molecule has 4 heteroatoms. The van der Waals surface area contributed by atoms with Crippen molar-refractivity contribution < 1.29 is 4.74 Å². The molecule has 1 N–H and O–H groups in total. The van der Waals surface area contributed by atoms with Gasteiger partial charge in [-0.05, 0) is 30.5 Å². The first kappa shape index (κ1) is 10.8. The zero-order valence-corrected chi connectivity index (χ0v) is 10.3. The van der Waals surface area contributed by atoms with Crippen molar-refractivity contribution in [3.8, 4) is 0 Å². The van der Waals surface area contributed by atoms with E-state index >= 15 is 0 Å². The van der Waals surface area contributed by atoms with Gasteiger partial charge in [-0.3, -0.25) is 0 Å². The van der Waals surface area contributed by atoms with Gasteiger partial charge in [-0.1, -0.05) is 29.3 Å². The van der Waals surface area contributed by atoms with E-state index in [2.05, 4.69) is 5.32 Å². The van der Waals surface area contributed by atoms with Crippen LogP contribution in [-0.4, -0.2) is 19.2 Å². The zero-order valence-electron chi connectivity index (χ0n) is 8.80. The summed E-state index contributed by atoms with van der Waals surface area (Å²) in [5.41, 5.74) is 0.941. The van der Waals surface area contributed by atoms with E-state index < -0.39 is 0 Å². The lowest BCUT2D eigenvalue weighted by atomic mass is 9.81. The Kier molecular flexibility index (Phi) is 2.63. The van der Waals surface area contributed by atoms with E-state index in [0.29, 0.717) is 16.1 Å². The highest BCUT2D eigenvalue weighted by atomic mass is 35.5. The van der Waals surface area contributed by atoms with Gasteiger partial charge in [0.25, 0.3) is 0 Å². The Morgan fingerprint density at radius 2 is 2.19 bits per heavy atom. The molecule has 86 valence electrons. The van der Waals surface area contributed by atoms with Crippen molar-refractivity contribution in [2.24, 2.45) is 0 Å². The van der Waals surface area contributed by atoms with Crippen molar-refractivity contribution in [3.63, 3.8) is 0 Å². The average Bonchev–Trinajstić information content (AvgIpc) is 2.35. The molecule has 0 saturated carbocycles. The Hall–Kier alpha value is -0.280. The summed E-state index contributed by atoms with van der Waals surface area (Å²) < 4.78 is 5.98. The average molecular weight is 258 g/mol. The summed E-state index contributed by atoms with van der Waals surface area (Å²) in [6, 6.07) is 6.32. The van der Waals surface area contributed by atoms with Crippen LogP contribution in [0.2, 0.25) is 10.0 Å². The minimum atomic E-state index is -0.191. The lowest BCUT2D eigenvalue weighted by Gasteiger charge is -2.47. The second kappa shape index (κ2) is 3.88. The standard InChI is InChI=1S/C12H13Cl2NO/c13-10-2-1-8(5-11(10)14)12-4-3-9(6-16-12)15-7-12/h1-2,5,9,15H,3-4,6-7H2. The summed E-state index contributed by atoms with van der Waals surface area (Å²) in [6.07, 6.45) is 2.23. The number of rotatable bonds is 1. The number of hydrogen-bond acceptors (Lipinski definition) is 2. The van der Waals surface area contributed by atoms with Gasteiger partial charge in [0.2, 0.25) is 0 Å². The highest BCUT2D eigenvalue weighted by molar-refractivity contribution is 6.42. The lowest BCUT2D eigenvalue weighted by molar-refractivity contribution is -0.129. The predicted molar refractivity (Wildman–Crippen MR) is 65.1 cm³/mol. The van der Waals surface area contributed by atoms with Gasteiger partial charge < -0.3 is 10.1 Å². The normalized spacial score (nSPS) is 33.0. The second-order valence-corrected chi connectivity index (χ2v) is 5.37. The molecular formula is C12H13Cl2NO. The maximum atomic E-state index is 6.06. The van der Waals surface area contributed by atoms with Crippen LogP contribution in [0.1, 0.15) is 18.4 Å². The predicted octanol–water partition coefficient (Wildman–Crippen LogP) is 2.97. The molecule has 2 atom stereocenters. The van der Waals surface area contributed by atoms with Crippen molar-refractivity contribution in [2.75, 3.05) is 13.2 Å². The molecule has 1 aromatic rings. The minimum Gasteiger partial charge on any atom is -0.367 e. The van der Waals surface area contributed by atoms with Crippen LogP contribution in [0, 0.1) is 0 Å². The van der Waals surface area contributed by atoms with E-state index in [1.165, 1.54) is 6.42 Å². The van der Waals surface area contributed by atoms with Crippen LogP contribution in [0.5, 0.6) is 0 Å². The Balaban J connectivity index is 1.98. The van der Waals surface area contributed by atoms with Crippen LogP contribution >= 0.6 is 23.2 Å². The van der Waals surface area contributed by atoms with Gasteiger partial charge in [0.05, 0.1) is 16.7 Å². The van der Waals surface area contributed by atoms with Crippen molar-refractivity contribution >= 4 is 23.2 Å². The summed E-state index contributed by atoms with van der Waals surface area (Å²) in [4.78, 5) is 0. The van der Waals surface area contributed by atoms with Crippen LogP contribution in [0.3, 0.4) is 0 Å². The third kappa shape index (κ3) is 1.65. The summed E-state index contributed by atoms with van der Waals surface area (Å²) >= 11 is 12.0. The Morgan fingerprint density at radius 1 is 1.31 bits per heavy atom. The van der Waals surface area contributed by atoms with Crippen LogP contribution < -0.4 is 5.32 Å². The van der Waals surface area contributed by atoms with Gasteiger partial charge in [-0.15, -0.1) is 0 Å². The van der Waals surface area contributed by atoms with Gasteiger partial charge in [-0.2, -0.15) is 0 Å². The minimum absolute atomic E-state index is 0.191. The molecule has 0 radical (unpaired) electrons. The van der Waals surface area contributed by atoms with Crippen LogP contribution in [-0.2, 0) is 10.3 Å². The topological polar surface area (TPSA) is 21.3 Å². The fourth-order valence-corrected chi connectivity index (χ4v) is 2.84. The van der Waals surface area contributed by atoms with E-state index in [-0.39, 0.29) is 5.60 Å². The first-order valence-electron chi connectivity index (χ1n) is 5.52. The number of nitrogens with one attached hydrogen (secondary N) is 1. The maximum absolute atomic E-state index is 6.06. The number of hydrogen-bond donors (Lipinski definition) is 1. The second-order valence-electron chi connectivity index (χ2n) is 4.55. The first-order chi connectivity index (χ1) is 7.70. The molecule has 0 aromatic heterocycles. The highest BCUT2D eigenvalue weighted by Crippen LogP contribution is 2.40. The van der Waals surface area contributed by atoms with Gasteiger partial charge in [0.15, 0.2) is 0 Å². The molecule has 1 aromatic carbocycles. The lowest BCUT2D eigenvalue weighted by Crippen LogP contribution is -2.57. The van der Waals surface area contributed by atoms with E-state index in [1.54, 1.807) is 0 Å². The number of fused-ring (bicyclic) bond motifs is 3. The third-order valence-corrected chi connectivity index (χ3v) is 4.32. The molecule has 2 bridgehead atoms. The fourth-order valence-electron chi connectivity index (χ4n) is 2.54. The maximum Gasteiger partial charge on any atom is 0.106 e. The van der Waals surface area contributed by atoms with Gasteiger partial charge in [0.1, 0.15) is 5.60 Å². The summed E-state index contributed by atoms with van der Waals surface area (Å²) in [5, 5.41) is 4.69. The highest BCUT2D eigenvalue weighted by Gasteiger charge is 2.42. The zero-order chi connectivity index (χ0) is 11.2. The summed E-state index contributed by atoms with van der Waals surface area (Å²) in [7, 11) is 0. The van der Waals surface area contributed by atoms with E-state index in [9.17, 15) is 0 Å². The molecule has 3 aliphatic heterocycles. The Labute approximate surface area is 105 Å². The Morgan fingerprint density at radius 3 is 2.75 bits per heavy atom. The molecular weight excluding hydrogens is 245 g/mol. The SMILES string of the molecule is Clc1ccc(C23CCC(CO2)NC3)cc1Cl. The fraction of sp³-hybridized carbons (Fsp3) is 0.500. The molecule has 0 aliphatic carbocycles. The van der Waals surface area contributed by atoms with Gasteiger partial charge >= 0.3 is 0 Å². The van der Waals surface area contributed by atoms with Crippen LogP contribution in [0.15, 0.2) is 18.2 Å². The van der Waals surface area contributed by atoms with Crippen LogP contribution in [0.4, 0.5) is 0 Å². The van der Waals surface area contributed by atoms with E-state index in [0.717, 1.165) is 25.1 Å². The largest absolute Gasteiger partial charge is 0.367 e. The molecule has 3 aliphatic rings. The number of ether oxygens (including phenoxy) is 1. The van der Waals surface area contributed by atoms with Crippen molar-refractivity contribution in [1.29, 1.82) is 0 Å².